The van der Waals surface area contributed by atoms with E-state index in [1.54, 1.807) is 0 Å². The molecule has 0 radical (unpaired) electrons. The zero-order chi connectivity index (χ0) is 18.7. The molecule has 1 aromatic rings. The minimum Gasteiger partial charge on any atom is -0.456 e. The summed E-state index contributed by atoms with van der Waals surface area (Å²) >= 11 is 1.41. The molecule has 1 fully saturated rings. The first kappa shape index (κ1) is 18.9. The molecule has 1 amide bonds. The largest absolute Gasteiger partial charge is 0.456 e. The van der Waals surface area contributed by atoms with E-state index in [4.69, 9.17) is 4.74 Å². The summed E-state index contributed by atoms with van der Waals surface area (Å²) in [6.45, 7) is -0.439. The third-order valence-electron chi connectivity index (χ3n) is 4.68. The van der Waals surface area contributed by atoms with Gasteiger partial charge in [0.1, 0.15) is 11.1 Å². The molecular weight excluding hydrogens is 376 g/mol. The molecule has 1 saturated heterocycles. The van der Waals surface area contributed by atoms with Crippen molar-refractivity contribution in [3.8, 4) is 6.07 Å². The molecule has 0 spiro atoms. The van der Waals surface area contributed by atoms with Gasteiger partial charge >= 0.3 is 5.97 Å². The van der Waals surface area contributed by atoms with Gasteiger partial charge in [0.25, 0.3) is 5.91 Å². The van der Waals surface area contributed by atoms with Gasteiger partial charge in [0.2, 0.25) is 0 Å². The van der Waals surface area contributed by atoms with Crippen LogP contribution in [0.15, 0.2) is 0 Å². The summed E-state index contributed by atoms with van der Waals surface area (Å²) in [5.41, 5.74) is 1.54. The second kappa shape index (κ2) is 7.76. The van der Waals surface area contributed by atoms with E-state index in [-0.39, 0.29) is 23.8 Å². The van der Waals surface area contributed by atoms with Crippen molar-refractivity contribution in [3.63, 3.8) is 0 Å². The molecule has 0 saturated carbocycles. The summed E-state index contributed by atoms with van der Waals surface area (Å²) in [5, 5.41) is 12.5. The molecule has 1 aromatic heterocycles. The number of carbonyl (C=O) groups is 2. The number of nitrogens with zero attached hydrogens (tertiary/aromatic N) is 1. The minimum absolute atomic E-state index is 0.000570. The summed E-state index contributed by atoms with van der Waals surface area (Å²) in [4.78, 5) is 25.0. The van der Waals surface area contributed by atoms with Gasteiger partial charge in [-0.2, -0.15) is 5.26 Å². The molecular formula is C17H20N2O5S2. The van der Waals surface area contributed by atoms with Crippen LogP contribution in [0.1, 0.15) is 41.7 Å². The molecule has 140 valence electrons. The van der Waals surface area contributed by atoms with E-state index >= 15 is 0 Å². The molecule has 1 atom stereocenters. The number of rotatable bonds is 5. The van der Waals surface area contributed by atoms with Crippen LogP contribution in [0.3, 0.4) is 0 Å². The summed E-state index contributed by atoms with van der Waals surface area (Å²) < 4.78 is 27.7. The van der Waals surface area contributed by atoms with Gasteiger partial charge in [0.15, 0.2) is 16.4 Å². The Labute approximate surface area is 156 Å². The average molecular weight is 396 g/mol. The van der Waals surface area contributed by atoms with E-state index in [1.165, 1.54) is 11.3 Å². The van der Waals surface area contributed by atoms with Gasteiger partial charge < -0.3 is 10.1 Å². The van der Waals surface area contributed by atoms with Crippen molar-refractivity contribution in [3.05, 3.63) is 16.0 Å². The van der Waals surface area contributed by atoms with E-state index in [9.17, 15) is 23.3 Å². The number of nitrogens with one attached hydrogen (secondary N) is 1. The number of hydrogen-bond acceptors (Lipinski definition) is 7. The molecule has 2 heterocycles. The summed E-state index contributed by atoms with van der Waals surface area (Å²) in [6, 6.07) is 2.16. The van der Waals surface area contributed by atoms with Crippen molar-refractivity contribution in [2.45, 2.75) is 38.5 Å². The quantitative estimate of drug-likeness (QED) is 0.759. The Hall–Kier alpha value is -1.92. The second-order valence-corrected chi connectivity index (χ2v) is 10.0. The van der Waals surface area contributed by atoms with Crippen LogP contribution < -0.4 is 5.32 Å². The predicted octanol–water partition coefficient (Wildman–Crippen LogP) is 1.81. The fourth-order valence-corrected chi connectivity index (χ4v) is 6.53. The second-order valence-electron chi connectivity index (χ2n) is 6.71. The maximum Gasteiger partial charge on any atom is 0.306 e. The number of aryl methyl sites for hydroxylation is 1. The van der Waals surface area contributed by atoms with Crippen molar-refractivity contribution < 1.29 is 22.7 Å². The fourth-order valence-electron chi connectivity index (χ4n) is 3.41. The molecule has 0 aromatic carbocycles. The van der Waals surface area contributed by atoms with Crippen LogP contribution in [0, 0.1) is 17.2 Å². The molecule has 26 heavy (non-hydrogen) atoms. The number of anilines is 1. The van der Waals surface area contributed by atoms with Crippen molar-refractivity contribution in [2.75, 3.05) is 23.4 Å². The Morgan fingerprint density at radius 3 is 2.77 bits per heavy atom. The minimum atomic E-state index is -3.04. The zero-order valence-corrected chi connectivity index (χ0v) is 15.9. The molecule has 3 rings (SSSR count). The van der Waals surface area contributed by atoms with Crippen LogP contribution in [0.5, 0.6) is 0 Å². The lowest BCUT2D eigenvalue weighted by molar-refractivity contribution is -0.148. The summed E-state index contributed by atoms with van der Waals surface area (Å²) in [6.07, 6.45) is 4.35. The lowest BCUT2D eigenvalue weighted by Crippen LogP contribution is -2.22. The molecule has 0 unspecified atom stereocenters. The Bertz CT molecular complexity index is 866. The van der Waals surface area contributed by atoms with Crippen molar-refractivity contribution in [1.82, 2.24) is 0 Å². The maximum absolute atomic E-state index is 12.1. The number of ether oxygens (including phenoxy) is 1. The number of nitriles is 1. The van der Waals surface area contributed by atoms with Crippen LogP contribution in [-0.4, -0.2) is 38.4 Å². The first-order valence-corrected chi connectivity index (χ1v) is 11.2. The highest BCUT2D eigenvalue weighted by atomic mass is 32.2. The predicted molar refractivity (Wildman–Crippen MR) is 96.6 cm³/mol. The SMILES string of the molecule is N#Cc1c(NC(=O)COC(=O)C[C@@H]2CCS(=O)(=O)C2)sc2c1CCCC2. The number of esters is 1. The molecule has 7 nitrogen and oxygen atoms in total. The van der Waals surface area contributed by atoms with Crippen LogP contribution in [0.2, 0.25) is 0 Å². The van der Waals surface area contributed by atoms with Gasteiger partial charge in [-0.25, -0.2) is 8.42 Å². The average Bonchev–Trinajstić information content (AvgIpc) is 3.11. The molecule has 0 bridgehead atoms. The molecule has 1 N–H and O–H groups in total. The van der Waals surface area contributed by atoms with E-state index in [2.05, 4.69) is 11.4 Å². The Morgan fingerprint density at radius 2 is 2.08 bits per heavy atom. The highest BCUT2D eigenvalue weighted by molar-refractivity contribution is 7.91. The summed E-state index contributed by atoms with van der Waals surface area (Å²) in [5.74, 6) is -1.20. The summed E-state index contributed by atoms with van der Waals surface area (Å²) in [7, 11) is -3.04. The zero-order valence-electron chi connectivity index (χ0n) is 14.2. The number of sulfone groups is 1. The third kappa shape index (κ3) is 4.43. The number of hydrogen-bond donors (Lipinski definition) is 1. The van der Waals surface area contributed by atoms with E-state index in [0.29, 0.717) is 17.0 Å². The van der Waals surface area contributed by atoms with E-state index < -0.39 is 28.3 Å². The number of thiophene rings is 1. The normalized spacial score (nSPS) is 20.8. The molecule has 1 aliphatic carbocycles. The number of carbonyl (C=O) groups excluding carboxylic acids is 2. The van der Waals surface area contributed by atoms with E-state index in [0.717, 1.165) is 36.1 Å². The smallest absolute Gasteiger partial charge is 0.306 e. The highest BCUT2D eigenvalue weighted by Gasteiger charge is 2.30. The topological polar surface area (TPSA) is 113 Å². The number of amides is 1. The monoisotopic (exact) mass is 396 g/mol. The number of fused-ring (bicyclic) bond motifs is 1. The lowest BCUT2D eigenvalue weighted by Gasteiger charge is -2.09. The fraction of sp³-hybridized carbons (Fsp3) is 0.588. The van der Waals surface area contributed by atoms with Gasteiger partial charge in [-0.05, 0) is 43.6 Å². The van der Waals surface area contributed by atoms with Crippen molar-refractivity contribution in [2.24, 2.45) is 5.92 Å². The van der Waals surface area contributed by atoms with Gasteiger partial charge in [0.05, 0.1) is 17.1 Å². The van der Waals surface area contributed by atoms with Crippen LogP contribution >= 0.6 is 11.3 Å². The lowest BCUT2D eigenvalue weighted by atomic mass is 9.96. The van der Waals surface area contributed by atoms with Crippen LogP contribution in [0.4, 0.5) is 5.00 Å². The third-order valence-corrected chi connectivity index (χ3v) is 7.73. The highest BCUT2D eigenvalue weighted by Crippen LogP contribution is 2.37. The standard InChI is InChI=1S/C17H20N2O5S2/c18-8-13-12-3-1-2-4-14(12)25-17(13)19-15(20)9-24-16(21)7-11-5-6-26(22,23)10-11/h11H,1-7,9-10H2,(H,19,20)/t11-/m0/s1. The maximum atomic E-state index is 12.1. The Balaban J connectivity index is 1.51. The van der Waals surface area contributed by atoms with Crippen LogP contribution in [0.25, 0.3) is 0 Å². The first-order valence-electron chi connectivity index (χ1n) is 8.58. The van der Waals surface area contributed by atoms with E-state index in [1.807, 2.05) is 0 Å². The van der Waals surface area contributed by atoms with Gasteiger partial charge in [0, 0.05) is 11.3 Å². The molecule has 2 aliphatic rings. The van der Waals surface area contributed by atoms with Crippen LogP contribution in [-0.2, 0) is 37.0 Å². The van der Waals surface area contributed by atoms with Crippen molar-refractivity contribution in [1.29, 1.82) is 5.26 Å². The molecule has 1 aliphatic heterocycles. The Morgan fingerprint density at radius 1 is 1.31 bits per heavy atom. The van der Waals surface area contributed by atoms with Gasteiger partial charge in [-0.15, -0.1) is 11.3 Å². The van der Waals surface area contributed by atoms with Gasteiger partial charge in [-0.3, -0.25) is 9.59 Å². The van der Waals surface area contributed by atoms with Gasteiger partial charge in [-0.1, -0.05) is 0 Å². The van der Waals surface area contributed by atoms with Crippen molar-refractivity contribution >= 4 is 38.1 Å². The Kier molecular flexibility index (Phi) is 5.63. The first-order chi connectivity index (χ1) is 12.4. The molecule has 9 heteroatoms.